The molecular weight excluding hydrogens is 502 g/mol. The van der Waals surface area contributed by atoms with Crippen molar-refractivity contribution in [2.75, 3.05) is 26.5 Å². The van der Waals surface area contributed by atoms with Crippen molar-refractivity contribution in [3.63, 3.8) is 0 Å². The summed E-state index contributed by atoms with van der Waals surface area (Å²) in [7, 11) is -2.18. The summed E-state index contributed by atoms with van der Waals surface area (Å²) in [5.74, 6) is -0.252. The minimum atomic E-state index is -3.74. The van der Waals surface area contributed by atoms with Crippen molar-refractivity contribution >= 4 is 21.8 Å². The molecule has 0 fully saturated rings. The Kier molecular flexibility index (Phi) is 10.2. The third kappa shape index (κ3) is 8.03. The highest BCUT2D eigenvalue weighted by atomic mass is 32.2. The predicted molar refractivity (Wildman–Crippen MR) is 148 cm³/mol. The van der Waals surface area contributed by atoms with Crippen LogP contribution in [-0.2, 0) is 32.7 Å². The van der Waals surface area contributed by atoms with Crippen LogP contribution >= 0.6 is 0 Å². The van der Waals surface area contributed by atoms with Crippen molar-refractivity contribution in [1.82, 2.24) is 14.5 Å². The minimum Gasteiger partial charge on any atom is -0.497 e. The van der Waals surface area contributed by atoms with Gasteiger partial charge < -0.3 is 15.0 Å². The fourth-order valence-corrected chi connectivity index (χ4v) is 4.68. The first-order valence-corrected chi connectivity index (χ1v) is 13.9. The smallest absolute Gasteiger partial charge is 0.247 e. The lowest BCUT2D eigenvalue weighted by Gasteiger charge is -2.33. The quantitative estimate of drug-likeness (QED) is 0.338. The lowest BCUT2D eigenvalue weighted by molar-refractivity contribution is -0.141. The lowest BCUT2D eigenvalue weighted by Crippen LogP contribution is -2.47. The normalized spacial score (nSPS) is 12.0. The van der Waals surface area contributed by atoms with Crippen LogP contribution in [0.15, 0.2) is 97.6 Å². The Morgan fingerprint density at radius 1 is 0.921 bits per heavy atom. The van der Waals surface area contributed by atoms with E-state index in [0.29, 0.717) is 11.3 Å². The molecule has 0 aliphatic rings. The zero-order chi connectivity index (χ0) is 27.5. The molecule has 3 rings (SSSR count). The summed E-state index contributed by atoms with van der Waals surface area (Å²) in [5.41, 5.74) is 2.10. The van der Waals surface area contributed by atoms with Gasteiger partial charge in [0.15, 0.2) is 0 Å². The molecule has 2 amide bonds. The van der Waals surface area contributed by atoms with Crippen molar-refractivity contribution < 1.29 is 22.7 Å². The number of benzene rings is 3. The molecule has 0 aliphatic carbocycles. The summed E-state index contributed by atoms with van der Waals surface area (Å²) in [5, 5.41) is 2.79. The largest absolute Gasteiger partial charge is 0.497 e. The first-order chi connectivity index (χ1) is 18.2. The van der Waals surface area contributed by atoms with Crippen LogP contribution in [0, 0.1) is 0 Å². The van der Waals surface area contributed by atoms with E-state index in [-0.39, 0.29) is 19.6 Å². The topological polar surface area (TPSA) is 96.0 Å². The molecule has 8 nitrogen and oxygen atoms in total. The number of carbonyl (C=O) groups is 2. The van der Waals surface area contributed by atoms with E-state index in [4.69, 9.17) is 4.74 Å². The van der Waals surface area contributed by atoms with E-state index >= 15 is 0 Å². The zero-order valence-electron chi connectivity index (χ0n) is 21.6. The van der Waals surface area contributed by atoms with E-state index in [1.165, 1.54) is 4.90 Å². The van der Waals surface area contributed by atoms with Crippen LogP contribution in [0.5, 0.6) is 5.75 Å². The highest BCUT2D eigenvalue weighted by Gasteiger charge is 2.33. The number of carbonyl (C=O) groups excluding carboxylic acids is 2. The molecule has 200 valence electrons. The summed E-state index contributed by atoms with van der Waals surface area (Å²) in [6, 6.07) is 24.1. The second kappa shape index (κ2) is 13.6. The van der Waals surface area contributed by atoms with Crippen LogP contribution in [0.4, 0.5) is 0 Å². The van der Waals surface area contributed by atoms with Gasteiger partial charge in [-0.05, 0) is 28.8 Å². The van der Waals surface area contributed by atoms with Crippen LogP contribution < -0.4 is 10.1 Å². The van der Waals surface area contributed by atoms with Gasteiger partial charge in [-0.15, -0.1) is 6.58 Å². The Balaban J connectivity index is 2.01. The predicted octanol–water partition coefficient (Wildman–Crippen LogP) is 3.53. The highest BCUT2D eigenvalue weighted by molar-refractivity contribution is 7.88. The first kappa shape index (κ1) is 28.6. The van der Waals surface area contributed by atoms with Crippen molar-refractivity contribution in [1.29, 1.82) is 0 Å². The number of methoxy groups -OCH3 is 1. The van der Waals surface area contributed by atoms with Gasteiger partial charge in [-0.2, -0.15) is 4.31 Å². The van der Waals surface area contributed by atoms with Gasteiger partial charge >= 0.3 is 0 Å². The van der Waals surface area contributed by atoms with Crippen molar-refractivity contribution in [3.05, 3.63) is 114 Å². The number of nitrogens with zero attached hydrogens (tertiary/aromatic N) is 2. The van der Waals surface area contributed by atoms with Crippen molar-refractivity contribution in [3.8, 4) is 5.75 Å². The third-order valence-electron chi connectivity index (χ3n) is 5.91. The second-order valence-electron chi connectivity index (χ2n) is 8.73. The van der Waals surface area contributed by atoms with Gasteiger partial charge in [-0.3, -0.25) is 9.59 Å². The summed E-state index contributed by atoms with van der Waals surface area (Å²) < 4.78 is 31.7. The number of rotatable bonds is 13. The summed E-state index contributed by atoms with van der Waals surface area (Å²) in [6.45, 7) is 3.55. The monoisotopic (exact) mass is 535 g/mol. The van der Waals surface area contributed by atoms with E-state index in [2.05, 4.69) is 11.9 Å². The molecule has 1 atom stereocenters. The van der Waals surface area contributed by atoms with Crippen LogP contribution in [0.2, 0.25) is 0 Å². The van der Waals surface area contributed by atoms with E-state index in [9.17, 15) is 18.0 Å². The lowest BCUT2D eigenvalue weighted by atomic mass is 10.0. The van der Waals surface area contributed by atoms with Crippen LogP contribution in [0.1, 0.15) is 22.7 Å². The van der Waals surface area contributed by atoms with Gasteiger partial charge in [0.05, 0.1) is 19.9 Å². The van der Waals surface area contributed by atoms with Crippen LogP contribution in [0.25, 0.3) is 0 Å². The summed E-state index contributed by atoms with van der Waals surface area (Å²) >= 11 is 0. The highest BCUT2D eigenvalue weighted by Crippen LogP contribution is 2.25. The average molecular weight is 536 g/mol. The van der Waals surface area contributed by atoms with Gasteiger partial charge in [0.1, 0.15) is 11.8 Å². The van der Waals surface area contributed by atoms with Gasteiger partial charge in [0.2, 0.25) is 21.8 Å². The fraction of sp³-hybridized carbons (Fsp3) is 0.241. The number of sulfonamides is 1. The molecule has 0 aliphatic heterocycles. The molecule has 0 unspecified atom stereocenters. The molecule has 0 bridgehead atoms. The molecule has 0 aromatic heterocycles. The number of hydrogen-bond acceptors (Lipinski definition) is 5. The number of amides is 2. The molecule has 0 saturated heterocycles. The number of ether oxygens (including phenoxy) is 1. The molecule has 0 heterocycles. The molecule has 0 saturated carbocycles. The molecular formula is C29H33N3O5S. The SMILES string of the molecule is C=CCNC(=O)[C@H](c1ccccc1)N(Cc1ccc(OC)cc1)C(=O)CN(Cc1ccccc1)S(C)(=O)=O. The second-order valence-corrected chi connectivity index (χ2v) is 10.7. The van der Waals surface area contributed by atoms with Crippen molar-refractivity contribution in [2.24, 2.45) is 0 Å². The maximum atomic E-state index is 13.9. The summed E-state index contributed by atoms with van der Waals surface area (Å²) in [6.07, 6.45) is 2.63. The fourth-order valence-electron chi connectivity index (χ4n) is 3.95. The average Bonchev–Trinajstić information content (AvgIpc) is 2.92. The Morgan fingerprint density at radius 3 is 2.05 bits per heavy atom. The Bertz CT molecular complexity index is 1310. The first-order valence-electron chi connectivity index (χ1n) is 12.1. The molecule has 0 radical (unpaired) electrons. The summed E-state index contributed by atoms with van der Waals surface area (Å²) in [4.78, 5) is 28.7. The maximum Gasteiger partial charge on any atom is 0.247 e. The Morgan fingerprint density at radius 2 is 1.50 bits per heavy atom. The molecule has 3 aromatic carbocycles. The number of nitrogens with one attached hydrogen (secondary N) is 1. The van der Waals surface area contributed by atoms with Crippen LogP contribution in [0.3, 0.4) is 0 Å². The number of hydrogen-bond donors (Lipinski definition) is 1. The van der Waals surface area contributed by atoms with Crippen molar-refractivity contribution in [2.45, 2.75) is 19.1 Å². The van der Waals surface area contributed by atoms with E-state index in [1.807, 2.05) is 24.3 Å². The molecule has 38 heavy (non-hydrogen) atoms. The van der Waals surface area contributed by atoms with Crippen LogP contribution in [-0.4, -0.2) is 55.9 Å². The van der Waals surface area contributed by atoms with Gasteiger partial charge in [-0.1, -0.05) is 78.9 Å². The van der Waals surface area contributed by atoms with E-state index < -0.39 is 34.4 Å². The van der Waals surface area contributed by atoms with E-state index in [0.717, 1.165) is 21.7 Å². The van der Waals surface area contributed by atoms with Gasteiger partial charge in [-0.25, -0.2) is 8.42 Å². The molecule has 9 heteroatoms. The van der Waals surface area contributed by atoms with Gasteiger partial charge in [0.25, 0.3) is 0 Å². The molecule has 3 aromatic rings. The molecule has 1 N–H and O–H groups in total. The Labute approximate surface area is 224 Å². The zero-order valence-corrected chi connectivity index (χ0v) is 22.4. The van der Waals surface area contributed by atoms with Gasteiger partial charge in [0, 0.05) is 19.6 Å². The third-order valence-corrected chi connectivity index (χ3v) is 7.11. The Hall–Kier alpha value is -3.95. The molecule has 0 spiro atoms. The maximum absolute atomic E-state index is 13.9. The standard InChI is InChI=1S/C29H33N3O5S/c1-4-19-30-29(34)28(25-13-9-6-10-14-25)32(21-24-15-17-26(37-2)18-16-24)27(33)22-31(38(3,35)36)20-23-11-7-5-8-12-23/h4-18,28H,1,19-22H2,2-3H3,(H,30,34)/t28-/m0/s1. The van der Waals surface area contributed by atoms with E-state index in [1.54, 1.807) is 73.8 Å². The minimum absolute atomic E-state index is 0.0282.